The quantitative estimate of drug-likeness (QED) is 0.584. The molecule has 1 fully saturated rings. The highest BCUT2D eigenvalue weighted by Gasteiger charge is 2.16. The van der Waals surface area contributed by atoms with Crippen molar-refractivity contribution in [1.82, 2.24) is 0 Å². The smallest absolute Gasteiger partial charge is 0.207 e. The molecule has 0 spiro atoms. The Hall–Kier alpha value is -2.06. The molecule has 5 heteroatoms. The number of anilines is 2. The van der Waals surface area contributed by atoms with Gasteiger partial charge in [0.1, 0.15) is 5.84 Å². The van der Waals surface area contributed by atoms with Crippen LogP contribution in [0.5, 0.6) is 0 Å². The van der Waals surface area contributed by atoms with Crippen molar-refractivity contribution in [2.24, 2.45) is 4.99 Å². The van der Waals surface area contributed by atoms with Crippen molar-refractivity contribution >= 4 is 17.2 Å². The van der Waals surface area contributed by atoms with E-state index in [1.807, 2.05) is 35.4 Å². The Morgan fingerprint density at radius 2 is 2.06 bits per heavy atom. The topological polar surface area (TPSA) is 74.6 Å². The Bertz CT molecular complexity index is 447. The molecule has 1 aliphatic rings. The number of ether oxygens (including phenoxy) is 1. The number of aliphatic imine (C=N–C) groups is 1. The first-order chi connectivity index (χ1) is 8.31. The Morgan fingerprint density at radius 1 is 1.29 bits per heavy atom. The van der Waals surface area contributed by atoms with E-state index >= 15 is 0 Å². The summed E-state index contributed by atoms with van der Waals surface area (Å²) in [6, 6.07) is 7.53. The lowest BCUT2D eigenvalue weighted by molar-refractivity contribution is 0.155. The van der Waals surface area contributed by atoms with Crippen LogP contribution in [0.4, 0.5) is 11.4 Å². The molecule has 0 aliphatic carbocycles. The zero-order valence-electron chi connectivity index (χ0n) is 9.47. The molecule has 0 saturated carbocycles. The van der Waals surface area contributed by atoms with Gasteiger partial charge in [0, 0.05) is 24.3 Å². The molecule has 0 unspecified atom stereocenters. The van der Waals surface area contributed by atoms with E-state index in [0.29, 0.717) is 26.2 Å². The molecule has 0 radical (unpaired) electrons. The van der Waals surface area contributed by atoms with Gasteiger partial charge in [-0.3, -0.25) is 0 Å². The zero-order valence-corrected chi connectivity index (χ0v) is 9.47. The Balaban J connectivity index is 2.29. The van der Waals surface area contributed by atoms with Crippen LogP contribution in [0.15, 0.2) is 29.3 Å². The second-order valence-electron chi connectivity index (χ2n) is 3.73. The lowest BCUT2D eigenvalue weighted by Crippen LogP contribution is -2.31. The maximum Gasteiger partial charge on any atom is 0.207 e. The molecule has 1 aliphatic heterocycles. The first-order valence-electron chi connectivity index (χ1n) is 5.48. The van der Waals surface area contributed by atoms with Crippen molar-refractivity contribution in [2.75, 3.05) is 30.4 Å². The van der Waals surface area contributed by atoms with Gasteiger partial charge in [-0.15, -0.1) is 0 Å². The highest BCUT2D eigenvalue weighted by Crippen LogP contribution is 2.19. The van der Waals surface area contributed by atoms with E-state index in [1.165, 1.54) is 0 Å². The van der Waals surface area contributed by atoms with Gasteiger partial charge in [-0.2, -0.15) is 10.3 Å². The first kappa shape index (κ1) is 11.4. The van der Waals surface area contributed by atoms with Gasteiger partial charge >= 0.3 is 0 Å². The fraction of sp³-hybridized carbons (Fsp3) is 0.333. The molecule has 1 saturated heterocycles. The van der Waals surface area contributed by atoms with Crippen molar-refractivity contribution in [1.29, 1.82) is 5.26 Å². The summed E-state index contributed by atoms with van der Waals surface area (Å²) >= 11 is 0. The largest absolute Gasteiger partial charge is 0.399 e. The summed E-state index contributed by atoms with van der Waals surface area (Å²) in [7, 11) is 0. The standard InChI is InChI=1S/C12H14N4O/c13-9-15-12-5-7-17-8-6-16(12)11-3-1-10(14)2-4-11/h1-4H,5-8,14H2. The van der Waals surface area contributed by atoms with Crippen LogP contribution in [-0.4, -0.2) is 25.6 Å². The molecule has 0 atom stereocenters. The first-order valence-corrected chi connectivity index (χ1v) is 5.48. The average molecular weight is 230 g/mol. The molecule has 2 rings (SSSR count). The third-order valence-electron chi connectivity index (χ3n) is 2.62. The second kappa shape index (κ2) is 5.32. The number of hydrogen-bond donors (Lipinski definition) is 1. The highest BCUT2D eigenvalue weighted by molar-refractivity contribution is 5.98. The third kappa shape index (κ3) is 2.74. The summed E-state index contributed by atoms with van der Waals surface area (Å²) in [6.07, 6.45) is 2.49. The molecule has 5 nitrogen and oxygen atoms in total. The van der Waals surface area contributed by atoms with Crippen LogP contribution >= 0.6 is 0 Å². The maximum absolute atomic E-state index is 8.69. The van der Waals surface area contributed by atoms with Crippen LogP contribution in [0.1, 0.15) is 6.42 Å². The van der Waals surface area contributed by atoms with E-state index in [1.54, 1.807) is 0 Å². The number of nitriles is 1. The molecular formula is C12H14N4O. The number of hydrogen-bond acceptors (Lipinski definition) is 4. The fourth-order valence-electron chi connectivity index (χ4n) is 1.79. The predicted octanol–water partition coefficient (Wildman–Crippen LogP) is 1.38. The van der Waals surface area contributed by atoms with Gasteiger partial charge in [0.25, 0.3) is 0 Å². The lowest BCUT2D eigenvalue weighted by Gasteiger charge is -2.22. The number of nitrogen functional groups attached to an aromatic ring is 1. The second-order valence-corrected chi connectivity index (χ2v) is 3.73. The minimum atomic E-state index is 0.603. The van der Waals surface area contributed by atoms with Crippen molar-refractivity contribution in [2.45, 2.75) is 6.42 Å². The SMILES string of the molecule is N#CN=C1CCOCCN1c1ccc(N)cc1. The zero-order chi connectivity index (χ0) is 12.1. The molecule has 1 heterocycles. The molecule has 1 aromatic carbocycles. The number of nitrogens with two attached hydrogens (primary N) is 1. The number of rotatable bonds is 1. The summed E-state index contributed by atoms with van der Waals surface area (Å²) in [5.41, 5.74) is 7.36. The lowest BCUT2D eigenvalue weighted by atomic mass is 10.2. The van der Waals surface area contributed by atoms with Crippen LogP contribution in [0.3, 0.4) is 0 Å². The molecule has 0 aromatic heterocycles. The van der Waals surface area contributed by atoms with Crippen molar-refractivity contribution in [3.8, 4) is 6.19 Å². The van der Waals surface area contributed by atoms with Crippen LogP contribution < -0.4 is 10.6 Å². The van der Waals surface area contributed by atoms with E-state index in [9.17, 15) is 0 Å². The van der Waals surface area contributed by atoms with Crippen LogP contribution in [0.2, 0.25) is 0 Å². The molecular weight excluding hydrogens is 216 g/mol. The number of nitrogens with zero attached hydrogens (tertiary/aromatic N) is 3. The summed E-state index contributed by atoms with van der Waals surface area (Å²) in [5.74, 6) is 0.745. The van der Waals surface area contributed by atoms with E-state index in [0.717, 1.165) is 17.2 Å². The van der Waals surface area contributed by atoms with Gasteiger partial charge in [0.15, 0.2) is 0 Å². The predicted molar refractivity (Wildman–Crippen MR) is 66.7 cm³/mol. The number of benzene rings is 1. The minimum absolute atomic E-state index is 0.603. The molecule has 2 N–H and O–H groups in total. The Labute approximate surface area is 100 Å². The van der Waals surface area contributed by atoms with Crippen molar-refractivity contribution in [3.63, 3.8) is 0 Å². The molecule has 1 aromatic rings. The molecule has 0 amide bonds. The highest BCUT2D eigenvalue weighted by atomic mass is 16.5. The summed E-state index contributed by atoms with van der Waals surface area (Å²) in [6.45, 7) is 1.94. The van der Waals surface area contributed by atoms with Crippen LogP contribution in [-0.2, 0) is 4.74 Å². The van der Waals surface area contributed by atoms with Gasteiger partial charge in [-0.25, -0.2) is 0 Å². The van der Waals surface area contributed by atoms with Gasteiger partial charge in [-0.1, -0.05) is 0 Å². The maximum atomic E-state index is 8.69. The molecule has 17 heavy (non-hydrogen) atoms. The Morgan fingerprint density at radius 3 is 2.76 bits per heavy atom. The minimum Gasteiger partial charge on any atom is -0.399 e. The summed E-state index contributed by atoms with van der Waals surface area (Å²) in [4.78, 5) is 5.86. The monoisotopic (exact) mass is 230 g/mol. The van der Waals surface area contributed by atoms with Crippen molar-refractivity contribution in [3.05, 3.63) is 24.3 Å². The van der Waals surface area contributed by atoms with Crippen LogP contribution in [0, 0.1) is 11.5 Å². The van der Waals surface area contributed by atoms with E-state index in [-0.39, 0.29) is 0 Å². The normalized spacial score (nSPS) is 18.8. The van der Waals surface area contributed by atoms with E-state index in [4.69, 9.17) is 15.7 Å². The van der Waals surface area contributed by atoms with Crippen LogP contribution in [0.25, 0.3) is 0 Å². The molecule has 88 valence electrons. The van der Waals surface area contributed by atoms with Gasteiger partial charge in [0.2, 0.25) is 6.19 Å². The van der Waals surface area contributed by atoms with Crippen molar-refractivity contribution < 1.29 is 4.74 Å². The van der Waals surface area contributed by atoms with Gasteiger partial charge in [-0.05, 0) is 24.3 Å². The number of amidine groups is 1. The summed E-state index contributed by atoms with van der Waals surface area (Å²) < 4.78 is 5.39. The summed E-state index contributed by atoms with van der Waals surface area (Å²) in [5, 5.41) is 8.69. The Kier molecular flexibility index (Phi) is 3.58. The fourth-order valence-corrected chi connectivity index (χ4v) is 1.79. The average Bonchev–Trinajstić information content (AvgIpc) is 2.56. The van der Waals surface area contributed by atoms with E-state index < -0.39 is 0 Å². The molecule has 0 bridgehead atoms. The van der Waals surface area contributed by atoms with Gasteiger partial charge in [0.05, 0.1) is 13.2 Å². The van der Waals surface area contributed by atoms with E-state index in [2.05, 4.69) is 4.99 Å². The third-order valence-corrected chi connectivity index (χ3v) is 2.62. The van der Waals surface area contributed by atoms with Gasteiger partial charge < -0.3 is 15.4 Å².